The van der Waals surface area contributed by atoms with Crippen molar-refractivity contribution in [2.45, 2.75) is 64.7 Å². The molecular formula is C19H29NO2. The Balaban J connectivity index is 0.000000346. The molecule has 1 aromatic rings. The molecule has 0 bridgehead atoms. The fourth-order valence-corrected chi connectivity index (χ4v) is 2.40. The van der Waals surface area contributed by atoms with Crippen molar-refractivity contribution < 1.29 is 9.59 Å². The lowest BCUT2D eigenvalue weighted by Crippen LogP contribution is -2.37. The summed E-state index contributed by atoms with van der Waals surface area (Å²) in [4.78, 5) is 22.8. The quantitative estimate of drug-likeness (QED) is 0.774. The van der Waals surface area contributed by atoms with E-state index in [0.29, 0.717) is 0 Å². The molecule has 1 aliphatic rings. The van der Waals surface area contributed by atoms with Crippen molar-refractivity contribution in [2.75, 3.05) is 6.54 Å². The van der Waals surface area contributed by atoms with E-state index in [1.807, 2.05) is 30.3 Å². The molecule has 1 fully saturated rings. The van der Waals surface area contributed by atoms with Gasteiger partial charge < -0.3 is 5.32 Å². The molecule has 1 N–H and O–H groups in total. The minimum Gasteiger partial charge on any atom is -0.348 e. The zero-order chi connectivity index (χ0) is 16.4. The SMILES string of the molecule is CC(=O)CNC(=O)C1(c2ccccc2)CC1.CCCCCC. The van der Waals surface area contributed by atoms with Gasteiger partial charge in [-0.3, -0.25) is 9.59 Å². The highest BCUT2D eigenvalue weighted by molar-refractivity contribution is 5.93. The monoisotopic (exact) mass is 303 g/mol. The first-order valence-electron chi connectivity index (χ1n) is 8.40. The van der Waals surface area contributed by atoms with Gasteiger partial charge in [-0.2, -0.15) is 0 Å². The van der Waals surface area contributed by atoms with Gasteiger partial charge in [0.2, 0.25) is 5.91 Å². The van der Waals surface area contributed by atoms with E-state index in [9.17, 15) is 9.59 Å². The van der Waals surface area contributed by atoms with Gasteiger partial charge in [-0.15, -0.1) is 0 Å². The van der Waals surface area contributed by atoms with Gasteiger partial charge in [0.05, 0.1) is 12.0 Å². The maximum absolute atomic E-state index is 12.0. The summed E-state index contributed by atoms with van der Waals surface area (Å²) in [7, 11) is 0. The zero-order valence-electron chi connectivity index (χ0n) is 14.2. The van der Waals surface area contributed by atoms with Gasteiger partial charge in [0, 0.05) is 0 Å². The molecule has 1 aromatic carbocycles. The smallest absolute Gasteiger partial charge is 0.231 e. The van der Waals surface area contributed by atoms with Crippen LogP contribution in [0.15, 0.2) is 30.3 Å². The highest BCUT2D eigenvalue weighted by atomic mass is 16.2. The van der Waals surface area contributed by atoms with E-state index in [1.165, 1.54) is 32.6 Å². The molecule has 0 aliphatic heterocycles. The first-order valence-corrected chi connectivity index (χ1v) is 8.40. The van der Waals surface area contributed by atoms with E-state index in [1.54, 1.807) is 0 Å². The van der Waals surface area contributed by atoms with E-state index in [0.717, 1.165) is 18.4 Å². The van der Waals surface area contributed by atoms with Gasteiger partial charge in [0.25, 0.3) is 0 Å². The number of amides is 1. The predicted molar refractivity (Wildman–Crippen MR) is 90.9 cm³/mol. The Morgan fingerprint density at radius 3 is 2.00 bits per heavy atom. The molecule has 0 unspecified atom stereocenters. The zero-order valence-corrected chi connectivity index (χ0v) is 14.2. The van der Waals surface area contributed by atoms with Crippen molar-refractivity contribution >= 4 is 11.7 Å². The molecule has 1 saturated carbocycles. The highest BCUT2D eigenvalue weighted by Crippen LogP contribution is 2.48. The largest absolute Gasteiger partial charge is 0.348 e. The minimum absolute atomic E-state index is 0.0165. The van der Waals surface area contributed by atoms with E-state index in [4.69, 9.17) is 0 Å². The first-order chi connectivity index (χ1) is 10.6. The van der Waals surface area contributed by atoms with E-state index in [-0.39, 0.29) is 23.7 Å². The molecule has 2 rings (SSSR count). The van der Waals surface area contributed by atoms with Gasteiger partial charge in [-0.25, -0.2) is 0 Å². The lowest BCUT2D eigenvalue weighted by Gasteiger charge is -2.14. The average Bonchev–Trinajstić information content (AvgIpc) is 3.34. The second kappa shape index (κ2) is 9.39. The van der Waals surface area contributed by atoms with Gasteiger partial charge in [0.1, 0.15) is 5.78 Å². The molecule has 22 heavy (non-hydrogen) atoms. The number of rotatable bonds is 7. The Hall–Kier alpha value is -1.64. The van der Waals surface area contributed by atoms with Crippen molar-refractivity contribution in [1.29, 1.82) is 0 Å². The number of nitrogens with one attached hydrogen (secondary N) is 1. The third-order valence-electron chi connectivity index (χ3n) is 3.97. The van der Waals surface area contributed by atoms with Crippen LogP contribution in [0.4, 0.5) is 0 Å². The number of ketones is 1. The molecule has 3 heteroatoms. The Morgan fingerprint density at radius 2 is 1.59 bits per heavy atom. The van der Waals surface area contributed by atoms with Crippen LogP contribution in [0.25, 0.3) is 0 Å². The van der Waals surface area contributed by atoms with Gasteiger partial charge in [0.15, 0.2) is 0 Å². The summed E-state index contributed by atoms with van der Waals surface area (Å²) in [6, 6.07) is 9.76. The summed E-state index contributed by atoms with van der Waals surface area (Å²) in [5.74, 6) is -0.0360. The van der Waals surface area contributed by atoms with Crippen LogP contribution in [-0.2, 0) is 15.0 Å². The lowest BCUT2D eigenvalue weighted by molar-refractivity contribution is -0.126. The van der Waals surface area contributed by atoms with E-state index < -0.39 is 0 Å². The molecule has 0 atom stereocenters. The maximum atomic E-state index is 12.0. The molecule has 0 saturated heterocycles. The van der Waals surface area contributed by atoms with Crippen LogP contribution in [0.3, 0.4) is 0 Å². The molecule has 3 nitrogen and oxygen atoms in total. The second-order valence-electron chi connectivity index (χ2n) is 6.04. The van der Waals surface area contributed by atoms with E-state index in [2.05, 4.69) is 19.2 Å². The van der Waals surface area contributed by atoms with Crippen LogP contribution in [0, 0.1) is 0 Å². The molecule has 0 aromatic heterocycles. The van der Waals surface area contributed by atoms with Gasteiger partial charge >= 0.3 is 0 Å². The van der Waals surface area contributed by atoms with Crippen molar-refractivity contribution in [3.63, 3.8) is 0 Å². The van der Waals surface area contributed by atoms with E-state index >= 15 is 0 Å². The number of hydrogen-bond acceptors (Lipinski definition) is 2. The third kappa shape index (κ3) is 5.63. The molecule has 0 heterocycles. The fourth-order valence-electron chi connectivity index (χ4n) is 2.40. The molecular weight excluding hydrogens is 274 g/mol. The number of hydrogen-bond donors (Lipinski definition) is 1. The molecule has 122 valence electrons. The topological polar surface area (TPSA) is 46.2 Å². The van der Waals surface area contributed by atoms with Crippen LogP contribution in [0.2, 0.25) is 0 Å². The predicted octanol–water partition coefficient (Wildman–Crippen LogP) is 4.01. The Bertz CT molecular complexity index is 460. The number of Topliss-reactive ketones (excluding diaryl/α,β-unsaturated/α-hetero) is 1. The first kappa shape index (κ1) is 18.4. The van der Waals surface area contributed by atoms with Crippen LogP contribution in [0.1, 0.15) is 64.9 Å². The molecule has 1 aliphatic carbocycles. The van der Waals surface area contributed by atoms with Crippen molar-refractivity contribution in [3.05, 3.63) is 35.9 Å². The number of unbranched alkanes of at least 4 members (excludes halogenated alkanes) is 3. The summed E-state index contributed by atoms with van der Waals surface area (Å²) < 4.78 is 0. The number of carbonyl (C=O) groups excluding carboxylic acids is 2. The maximum Gasteiger partial charge on any atom is 0.231 e. The van der Waals surface area contributed by atoms with Crippen LogP contribution >= 0.6 is 0 Å². The summed E-state index contributed by atoms with van der Waals surface area (Å²) in [5, 5.41) is 2.69. The summed E-state index contributed by atoms with van der Waals surface area (Å²) >= 11 is 0. The normalized spacial score (nSPS) is 14.5. The summed E-state index contributed by atoms with van der Waals surface area (Å²) in [5.41, 5.74) is 0.688. The van der Waals surface area contributed by atoms with Crippen molar-refractivity contribution in [2.24, 2.45) is 0 Å². The van der Waals surface area contributed by atoms with Crippen LogP contribution < -0.4 is 5.32 Å². The Labute approximate surface area is 134 Å². The van der Waals surface area contributed by atoms with Crippen molar-refractivity contribution in [1.82, 2.24) is 5.32 Å². The standard InChI is InChI=1S/C13H15NO2.C6H14/c1-10(15)9-14-12(16)13(7-8-13)11-5-3-2-4-6-11;1-3-5-6-4-2/h2-6H,7-9H2,1H3,(H,14,16);3-6H2,1-2H3. The van der Waals surface area contributed by atoms with Crippen LogP contribution in [0.5, 0.6) is 0 Å². The minimum atomic E-state index is -0.364. The van der Waals surface area contributed by atoms with Gasteiger partial charge in [-0.05, 0) is 25.3 Å². The lowest BCUT2D eigenvalue weighted by atomic mass is 9.95. The molecule has 0 radical (unpaired) electrons. The highest BCUT2D eigenvalue weighted by Gasteiger charge is 2.50. The fraction of sp³-hybridized carbons (Fsp3) is 0.579. The molecule has 1 amide bonds. The van der Waals surface area contributed by atoms with Gasteiger partial charge in [-0.1, -0.05) is 69.9 Å². The Morgan fingerprint density at radius 1 is 1.05 bits per heavy atom. The number of carbonyl (C=O) groups is 2. The second-order valence-corrected chi connectivity index (χ2v) is 6.04. The Kier molecular flexibility index (Phi) is 7.86. The number of benzene rings is 1. The molecule has 0 spiro atoms. The third-order valence-corrected chi connectivity index (χ3v) is 3.97. The average molecular weight is 303 g/mol. The summed E-state index contributed by atoms with van der Waals surface area (Å²) in [6.07, 6.45) is 7.29. The van der Waals surface area contributed by atoms with Crippen molar-refractivity contribution in [3.8, 4) is 0 Å². The van der Waals surface area contributed by atoms with Crippen LogP contribution in [-0.4, -0.2) is 18.2 Å². The summed E-state index contributed by atoms with van der Waals surface area (Å²) in [6.45, 7) is 6.07.